The fourth-order valence-electron chi connectivity index (χ4n) is 1.63. The monoisotopic (exact) mass is 279 g/mol. The van der Waals surface area contributed by atoms with Gasteiger partial charge in [0.1, 0.15) is 5.76 Å². The molecule has 5 heteroatoms. The molecule has 0 atom stereocenters. The molecular formula is C14H14ClNO3. The minimum atomic E-state index is -0.299. The quantitative estimate of drug-likeness (QED) is 0.827. The third kappa shape index (κ3) is 3.36. The Morgan fingerprint density at radius 1 is 1.26 bits per heavy atom. The summed E-state index contributed by atoms with van der Waals surface area (Å²) in [5.41, 5.74) is 0.749. The predicted molar refractivity (Wildman–Crippen MR) is 73.2 cm³/mol. The Morgan fingerprint density at radius 2 is 2.05 bits per heavy atom. The maximum absolute atomic E-state index is 11.7. The van der Waals surface area contributed by atoms with Crippen molar-refractivity contribution in [3.8, 4) is 11.3 Å². The molecule has 0 aliphatic rings. The number of hydrogen-bond donors (Lipinski definition) is 2. The number of halogens is 1. The molecule has 0 spiro atoms. The molecule has 100 valence electrons. The first-order chi connectivity index (χ1) is 9.22. The number of carbonyl (C=O) groups is 1. The molecule has 19 heavy (non-hydrogen) atoms. The molecule has 0 bridgehead atoms. The molecule has 0 fully saturated rings. The van der Waals surface area contributed by atoms with Crippen LogP contribution in [0.3, 0.4) is 0 Å². The first kappa shape index (κ1) is 13.6. The second-order valence-corrected chi connectivity index (χ2v) is 4.38. The van der Waals surface area contributed by atoms with Crippen molar-refractivity contribution < 1.29 is 14.3 Å². The summed E-state index contributed by atoms with van der Waals surface area (Å²) in [5, 5.41) is 11.9. The van der Waals surface area contributed by atoms with E-state index in [1.165, 1.54) is 0 Å². The molecule has 1 amide bonds. The summed E-state index contributed by atoms with van der Waals surface area (Å²) in [6.07, 6.45) is 0.518. The number of rotatable bonds is 5. The van der Waals surface area contributed by atoms with E-state index in [1.54, 1.807) is 18.2 Å². The van der Waals surface area contributed by atoms with Crippen LogP contribution < -0.4 is 5.32 Å². The maximum atomic E-state index is 11.7. The number of aliphatic hydroxyl groups is 1. The molecule has 0 radical (unpaired) electrons. The number of carbonyl (C=O) groups excluding carboxylic acids is 1. The number of amides is 1. The van der Waals surface area contributed by atoms with E-state index in [1.807, 2.05) is 18.2 Å². The van der Waals surface area contributed by atoms with Crippen LogP contribution >= 0.6 is 11.6 Å². The molecule has 1 aromatic heterocycles. The second-order valence-electron chi connectivity index (χ2n) is 3.98. The molecule has 4 nitrogen and oxygen atoms in total. The zero-order valence-electron chi connectivity index (χ0n) is 10.2. The van der Waals surface area contributed by atoms with Gasteiger partial charge in [0.05, 0.1) is 5.02 Å². The van der Waals surface area contributed by atoms with E-state index in [0.717, 1.165) is 5.56 Å². The van der Waals surface area contributed by atoms with Crippen molar-refractivity contribution in [2.75, 3.05) is 13.2 Å². The van der Waals surface area contributed by atoms with Gasteiger partial charge < -0.3 is 14.8 Å². The lowest BCUT2D eigenvalue weighted by Crippen LogP contribution is -2.24. The number of hydrogen-bond acceptors (Lipinski definition) is 3. The van der Waals surface area contributed by atoms with Gasteiger partial charge in [0.25, 0.3) is 5.91 Å². The van der Waals surface area contributed by atoms with Crippen molar-refractivity contribution in [3.05, 3.63) is 47.2 Å². The lowest BCUT2D eigenvalue weighted by molar-refractivity contribution is 0.0924. The molecule has 0 unspecified atom stereocenters. The molecule has 0 saturated carbocycles. The van der Waals surface area contributed by atoms with E-state index in [9.17, 15) is 4.79 Å². The van der Waals surface area contributed by atoms with Gasteiger partial charge in [-0.3, -0.25) is 4.79 Å². The smallest absolute Gasteiger partial charge is 0.287 e. The van der Waals surface area contributed by atoms with Crippen LogP contribution in [0.15, 0.2) is 40.8 Å². The summed E-state index contributed by atoms with van der Waals surface area (Å²) in [5.74, 6) is 0.484. The number of benzene rings is 1. The third-order valence-electron chi connectivity index (χ3n) is 2.59. The Bertz CT molecular complexity index is 565. The fraction of sp³-hybridized carbons (Fsp3) is 0.214. The van der Waals surface area contributed by atoms with Gasteiger partial charge in [-0.2, -0.15) is 0 Å². The standard InChI is InChI=1S/C14H14ClNO3/c15-11-5-2-1-4-10(11)12-6-7-13(19-12)14(18)16-8-3-9-17/h1-2,4-7,17H,3,8-9H2,(H,16,18). The number of nitrogens with one attached hydrogen (secondary N) is 1. The lowest BCUT2D eigenvalue weighted by Gasteiger charge is -2.02. The maximum Gasteiger partial charge on any atom is 0.287 e. The number of aliphatic hydroxyl groups excluding tert-OH is 1. The van der Waals surface area contributed by atoms with Crippen LogP contribution in [-0.4, -0.2) is 24.2 Å². The van der Waals surface area contributed by atoms with E-state index < -0.39 is 0 Å². The van der Waals surface area contributed by atoms with Crippen molar-refractivity contribution in [3.63, 3.8) is 0 Å². The van der Waals surface area contributed by atoms with Gasteiger partial charge in [-0.15, -0.1) is 0 Å². The van der Waals surface area contributed by atoms with Crippen molar-refractivity contribution in [2.24, 2.45) is 0 Å². The van der Waals surface area contributed by atoms with E-state index in [0.29, 0.717) is 23.7 Å². The average Bonchev–Trinajstić information content (AvgIpc) is 2.89. The van der Waals surface area contributed by atoms with Crippen LogP contribution in [-0.2, 0) is 0 Å². The Kier molecular flexibility index (Phi) is 4.60. The number of furan rings is 1. The summed E-state index contributed by atoms with van der Waals surface area (Å²) in [6.45, 7) is 0.459. The largest absolute Gasteiger partial charge is 0.451 e. The SMILES string of the molecule is O=C(NCCCO)c1ccc(-c2ccccc2Cl)o1. The molecule has 0 aliphatic heterocycles. The average molecular weight is 280 g/mol. The van der Waals surface area contributed by atoms with Crippen molar-refractivity contribution in [1.82, 2.24) is 5.32 Å². The summed E-state index contributed by atoms with van der Waals surface area (Å²) in [6, 6.07) is 10.6. The predicted octanol–water partition coefficient (Wildman–Crippen LogP) is 2.71. The van der Waals surface area contributed by atoms with Crippen LogP contribution in [0.2, 0.25) is 5.02 Å². The van der Waals surface area contributed by atoms with Crippen LogP contribution in [0.5, 0.6) is 0 Å². The van der Waals surface area contributed by atoms with E-state index in [2.05, 4.69) is 5.32 Å². The highest BCUT2D eigenvalue weighted by atomic mass is 35.5. The minimum absolute atomic E-state index is 0.0449. The minimum Gasteiger partial charge on any atom is -0.451 e. The molecule has 2 N–H and O–H groups in total. The highest BCUT2D eigenvalue weighted by Gasteiger charge is 2.13. The molecule has 1 heterocycles. The van der Waals surface area contributed by atoms with Gasteiger partial charge in [-0.25, -0.2) is 0 Å². The van der Waals surface area contributed by atoms with Crippen LogP contribution in [0.4, 0.5) is 0 Å². The Labute approximate surface area is 116 Å². The van der Waals surface area contributed by atoms with Gasteiger partial charge in [-0.1, -0.05) is 23.7 Å². The Morgan fingerprint density at radius 3 is 2.79 bits per heavy atom. The van der Waals surface area contributed by atoms with Gasteiger partial charge in [0.2, 0.25) is 0 Å². The Hall–Kier alpha value is -1.78. The van der Waals surface area contributed by atoms with Gasteiger partial charge in [0.15, 0.2) is 5.76 Å². The third-order valence-corrected chi connectivity index (χ3v) is 2.92. The van der Waals surface area contributed by atoms with E-state index in [4.69, 9.17) is 21.1 Å². The normalized spacial score (nSPS) is 10.4. The van der Waals surface area contributed by atoms with Crippen LogP contribution in [0.1, 0.15) is 17.0 Å². The zero-order chi connectivity index (χ0) is 13.7. The van der Waals surface area contributed by atoms with Crippen molar-refractivity contribution in [2.45, 2.75) is 6.42 Å². The molecule has 0 aliphatic carbocycles. The first-order valence-corrected chi connectivity index (χ1v) is 6.34. The second kappa shape index (κ2) is 6.41. The first-order valence-electron chi connectivity index (χ1n) is 5.96. The van der Waals surface area contributed by atoms with Gasteiger partial charge in [-0.05, 0) is 30.7 Å². The van der Waals surface area contributed by atoms with Crippen molar-refractivity contribution >= 4 is 17.5 Å². The van der Waals surface area contributed by atoms with Crippen molar-refractivity contribution in [1.29, 1.82) is 0 Å². The van der Waals surface area contributed by atoms with Crippen LogP contribution in [0.25, 0.3) is 11.3 Å². The van der Waals surface area contributed by atoms with Gasteiger partial charge in [0, 0.05) is 18.7 Å². The topological polar surface area (TPSA) is 62.5 Å². The Balaban J connectivity index is 2.11. The molecular weight excluding hydrogens is 266 g/mol. The highest BCUT2D eigenvalue weighted by Crippen LogP contribution is 2.28. The summed E-state index contributed by atoms with van der Waals surface area (Å²) in [7, 11) is 0. The lowest BCUT2D eigenvalue weighted by atomic mass is 10.2. The summed E-state index contributed by atoms with van der Waals surface area (Å²) < 4.78 is 5.48. The molecule has 2 rings (SSSR count). The molecule has 2 aromatic rings. The molecule has 1 aromatic carbocycles. The van der Waals surface area contributed by atoms with Gasteiger partial charge >= 0.3 is 0 Å². The summed E-state index contributed by atoms with van der Waals surface area (Å²) >= 11 is 6.06. The van der Waals surface area contributed by atoms with E-state index in [-0.39, 0.29) is 18.3 Å². The zero-order valence-corrected chi connectivity index (χ0v) is 11.0. The van der Waals surface area contributed by atoms with E-state index >= 15 is 0 Å². The molecule has 0 saturated heterocycles. The highest BCUT2D eigenvalue weighted by molar-refractivity contribution is 6.33. The fourth-order valence-corrected chi connectivity index (χ4v) is 1.86. The van der Waals surface area contributed by atoms with Crippen LogP contribution in [0, 0.1) is 0 Å². The summed E-state index contributed by atoms with van der Waals surface area (Å²) in [4.78, 5) is 11.7.